The Balaban J connectivity index is 2.63. The van der Waals surface area contributed by atoms with Crippen molar-refractivity contribution in [1.29, 1.82) is 0 Å². The summed E-state index contributed by atoms with van der Waals surface area (Å²) in [4.78, 5) is 18.1. The van der Waals surface area contributed by atoms with Crippen LogP contribution in [0.3, 0.4) is 0 Å². The van der Waals surface area contributed by atoms with E-state index >= 15 is 0 Å². The van der Waals surface area contributed by atoms with Gasteiger partial charge >= 0.3 is 0 Å². The fraction of sp³-hybridized carbons (Fsp3) is 0.200. The van der Waals surface area contributed by atoms with Crippen LogP contribution >= 0.6 is 0 Å². The van der Waals surface area contributed by atoms with E-state index in [1.165, 1.54) is 0 Å². The minimum absolute atomic E-state index is 0.000599. The normalized spacial score (nSPS) is 10.2. The highest BCUT2D eigenvalue weighted by molar-refractivity contribution is 6.00. The summed E-state index contributed by atoms with van der Waals surface area (Å²) in [5.74, 6) is -0.000599. The first-order valence-electron chi connectivity index (χ1n) is 5.84. The number of carbonyl (C=O) groups excluding carboxylic acids is 1. The number of aryl methyl sites for hydroxylation is 1. The zero-order valence-corrected chi connectivity index (χ0v) is 10.8. The van der Waals surface area contributed by atoms with Crippen molar-refractivity contribution in [3.05, 3.63) is 53.7 Å². The molecule has 0 aliphatic heterocycles. The molecule has 1 aromatic heterocycles. The first-order valence-corrected chi connectivity index (χ1v) is 5.84. The van der Waals surface area contributed by atoms with Gasteiger partial charge in [-0.2, -0.15) is 0 Å². The van der Waals surface area contributed by atoms with E-state index < -0.39 is 0 Å². The lowest BCUT2D eigenvalue weighted by Gasteiger charge is -2.15. The SMILES string of the molecule is Cc1cccc(C(=O)N(C)C)c1-c1ccccn1. The molecule has 1 heterocycles. The molecule has 3 nitrogen and oxygen atoms in total. The zero-order chi connectivity index (χ0) is 13.1. The van der Waals surface area contributed by atoms with Gasteiger partial charge in [-0.05, 0) is 30.7 Å². The largest absolute Gasteiger partial charge is 0.345 e. The smallest absolute Gasteiger partial charge is 0.254 e. The minimum Gasteiger partial charge on any atom is -0.345 e. The lowest BCUT2D eigenvalue weighted by atomic mass is 9.98. The monoisotopic (exact) mass is 240 g/mol. The van der Waals surface area contributed by atoms with Crippen LogP contribution in [0.2, 0.25) is 0 Å². The minimum atomic E-state index is -0.000599. The number of aromatic nitrogens is 1. The predicted molar refractivity (Wildman–Crippen MR) is 72.4 cm³/mol. The summed E-state index contributed by atoms with van der Waals surface area (Å²) in [6.45, 7) is 2.00. The van der Waals surface area contributed by atoms with Gasteiger partial charge in [-0.3, -0.25) is 9.78 Å². The van der Waals surface area contributed by atoms with E-state index in [1.54, 1.807) is 25.2 Å². The lowest BCUT2D eigenvalue weighted by molar-refractivity contribution is 0.0828. The van der Waals surface area contributed by atoms with Gasteiger partial charge in [-0.25, -0.2) is 0 Å². The maximum absolute atomic E-state index is 12.2. The summed E-state index contributed by atoms with van der Waals surface area (Å²) in [5, 5.41) is 0. The highest BCUT2D eigenvalue weighted by atomic mass is 16.2. The Labute approximate surface area is 107 Å². The van der Waals surface area contributed by atoms with Crippen molar-refractivity contribution >= 4 is 5.91 Å². The quantitative estimate of drug-likeness (QED) is 0.808. The Morgan fingerprint density at radius 1 is 1.11 bits per heavy atom. The number of carbonyl (C=O) groups is 1. The second-order valence-corrected chi connectivity index (χ2v) is 4.41. The fourth-order valence-corrected chi connectivity index (χ4v) is 1.94. The van der Waals surface area contributed by atoms with Crippen LogP contribution < -0.4 is 0 Å². The van der Waals surface area contributed by atoms with Crippen molar-refractivity contribution in [1.82, 2.24) is 9.88 Å². The van der Waals surface area contributed by atoms with Gasteiger partial charge in [0.2, 0.25) is 0 Å². The van der Waals surface area contributed by atoms with Crippen LogP contribution in [0.15, 0.2) is 42.6 Å². The number of benzene rings is 1. The predicted octanol–water partition coefficient (Wildman–Crippen LogP) is 2.76. The van der Waals surface area contributed by atoms with Crippen LogP contribution in [0.25, 0.3) is 11.3 Å². The second kappa shape index (κ2) is 5.00. The van der Waals surface area contributed by atoms with Gasteiger partial charge in [0, 0.05) is 31.4 Å². The standard InChI is InChI=1S/C15H16N2O/c1-11-7-6-8-12(15(18)17(2)3)14(11)13-9-4-5-10-16-13/h4-10H,1-3H3. The zero-order valence-electron chi connectivity index (χ0n) is 10.8. The van der Waals surface area contributed by atoms with Crippen LogP contribution in [-0.4, -0.2) is 29.9 Å². The molecule has 0 saturated heterocycles. The van der Waals surface area contributed by atoms with E-state index in [4.69, 9.17) is 0 Å². The van der Waals surface area contributed by atoms with Crippen LogP contribution in [0, 0.1) is 6.92 Å². The van der Waals surface area contributed by atoms with Crippen molar-refractivity contribution in [2.75, 3.05) is 14.1 Å². The first-order chi connectivity index (χ1) is 8.61. The molecule has 0 unspecified atom stereocenters. The summed E-state index contributed by atoms with van der Waals surface area (Å²) >= 11 is 0. The van der Waals surface area contributed by atoms with Crippen LogP contribution in [-0.2, 0) is 0 Å². The molecule has 18 heavy (non-hydrogen) atoms. The van der Waals surface area contributed by atoms with Gasteiger partial charge in [0.25, 0.3) is 5.91 Å². The summed E-state index contributed by atoms with van der Waals surface area (Å²) in [6, 6.07) is 11.5. The molecule has 2 aromatic rings. The number of hydrogen-bond donors (Lipinski definition) is 0. The van der Waals surface area contributed by atoms with Crippen LogP contribution in [0.1, 0.15) is 15.9 Å². The van der Waals surface area contributed by atoms with Crippen LogP contribution in [0.4, 0.5) is 0 Å². The Morgan fingerprint density at radius 2 is 1.89 bits per heavy atom. The van der Waals surface area contributed by atoms with E-state index in [0.29, 0.717) is 5.56 Å². The highest BCUT2D eigenvalue weighted by Gasteiger charge is 2.16. The van der Waals surface area contributed by atoms with Crippen molar-refractivity contribution in [2.45, 2.75) is 6.92 Å². The highest BCUT2D eigenvalue weighted by Crippen LogP contribution is 2.26. The molecule has 1 aromatic carbocycles. The van der Waals surface area contributed by atoms with Gasteiger partial charge in [0.15, 0.2) is 0 Å². The maximum Gasteiger partial charge on any atom is 0.254 e. The molecule has 0 aliphatic rings. The van der Waals surface area contributed by atoms with Crippen LogP contribution in [0.5, 0.6) is 0 Å². The lowest BCUT2D eigenvalue weighted by Crippen LogP contribution is -2.22. The number of rotatable bonds is 2. The molecule has 0 spiro atoms. The topological polar surface area (TPSA) is 33.2 Å². The summed E-state index contributed by atoms with van der Waals surface area (Å²) in [6.07, 6.45) is 1.74. The molecule has 0 radical (unpaired) electrons. The Bertz CT molecular complexity index is 562. The van der Waals surface area contributed by atoms with Crippen molar-refractivity contribution in [2.24, 2.45) is 0 Å². The Kier molecular flexibility index (Phi) is 3.42. The van der Waals surface area contributed by atoms with E-state index in [2.05, 4.69) is 4.98 Å². The van der Waals surface area contributed by atoms with E-state index in [9.17, 15) is 4.79 Å². The third kappa shape index (κ3) is 2.25. The molecule has 0 fully saturated rings. The van der Waals surface area contributed by atoms with Crippen molar-refractivity contribution in [3.63, 3.8) is 0 Å². The van der Waals surface area contributed by atoms with Gasteiger partial charge < -0.3 is 4.90 Å². The maximum atomic E-state index is 12.2. The molecule has 92 valence electrons. The average molecular weight is 240 g/mol. The average Bonchev–Trinajstić information content (AvgIpc) is 2.38. The molecule has 0 atom stereocenters. The van der Waals surface area contributed by atoms with E-state index in [0.717, 1.165) is 16.8 Å². The summed E-state index contributed by atoms with van der Waals surface area (Å²) < 4.78 is 0. The summed E-state index contributed by atoms with van der Waals surface area (Å²) in [5.41, 5.74) is 3.50. The van der Waals surface area contributed by atoms with E-state index in [1.807, 2.05) is 43.3 Å². The third-order valence-corrected chi connectivity index (χ3v) is 2.83. The fourth-order valence-electron chi connectivity index (χ4n) is 1.94. The molecule has 1 amide bonds. The number of amides is 1. The number of nitrogens with zero attached hydrogens (tertiary/aromatic N) is 2. The molecular weight excluding hydrogens is 224 g/mol. The molecule has 0 N–H and O–H groups in total. The van der Waals surface area contributed by atoms with Gasteiger partial charge in [0.05, 0.1) is 5.69 Å². The van der Waals surface area contributed by atoms with Crippen molar-refractivity contribution < 1.29 is 4.79 Å². The van der Waals surface area contributed by atoms with Crippen molar-refractivity contribution in [3.8, 4) is 11.3 Å². The molecule has 0 saturated carbocycles. The molecule has 0 aliphatic carbocycles. The number of hydrogen-bond acceptors (Lipinski definition) is 2. The summed E-state index contributed by atoms with van der Waals surface area (Å²) in [7, 11) is 3.51. The Morgan fingerprint density at radius 3 is 2.50 bits per heavy atom. The first kappa shape index (κ1) is 12.3. The third-order valence-electron chi connectivity index (χ3n) is 2.83. The van der Waals surface area contributed by atoms with Gasteiger partial charge in [-0.15, -0.1) is 0 Å². The number of pyridine rings is 1. The Hall–Kier alpha value is -2.16. The molecule has 0 bridgehead atoms. The molecule has 2 rings (SSSR count). The van der Waals surface area contributed by atoms with Gasteiger partial charge in [0.1, 0.15) is 0 Å². The second-order valence-electron chi connectivity index (χ2n) is 4.41. The van der Waals surface area contributed by atoms with E-state index in [-0.39, 0.29) is 5.91 Å². The molecular formula is C15H16N2O. The van der Waals surface area contributed by atoms with Gasteiger partial charge in [-0.1, -0.05) is 18.2 Å². The molecule has 3 heteroatoms.